The topological polar surface area (TPSA) is 44.4 Å². The van der Waals surface area contributed by atoms with Gasteiger partial charge in [-0.1, -0.05) is 20.8 Å². The van der Waals surface area contributed by atoms with E-state index in [0.29, 0.717) is 11.5 Å². The highest BCUT2D eigenvalue weighted by Gasteiger charge is 2.31. The molecule has 0 radical (unpaired) electrons. The van der Waals surface area contributed by atoms with Crippen molar-refractivity contribution in [1.29, 1.82) is 0 Å². The van der Waals surface area contributed by atoms with Crippen LogP contribution in [0.15, 0.2) is 0 Å². The number of rotatable bonds is 4. The largest absolute Gasteiger partial charge is 0.358 e. The van der Waals surface area contributed by atoms with Crippen LogP contribution < -0.4 is 10.6 Å². The first-order valence-corrected chi connectivity index (χ1v) is 7.03. The van der Waals surface area contributed by atoms with Crippen LogP contribution in [-0.2, 0) is 4.79 Å². The molecular weight excluding hydrogens is 226 g/mol. The van der Waals surface area contributed by atoms with Crippen molar-refractivity contribution < 1.29 is 4.79 Å². The number of hydrogen-bond acceptors (Lipinski definition) is 3. The molecule has 1 aliphatic heterocycles. The number of piperazine rings is 1. The lowest BCUT2D eigenvalue weighted by Crippen LogP contribution is -2.59. The van der Waals surface area contributed by atoms with Gasteiger partial charge in [0, 0.05) is 32.7 Å². The van der Waals surface area contributed by atoms with E-state index in [2.05, 4.69) is 43.2 Å². The molecule has 0 aromatic heterocycles. The molecule has 1 aliphatic rings. The van der Waals surface area contributed by atoms with Crippen molar-refractivity contribution in [2.24, 2.45) is 5.41 Å². The average molecular weight is 255 g/mol. The molecule has 1 rings (SSSR count). The lowest BCUT2D eigenvalue weighted by atomic mass is 9.88. The van der Waals surface area contributed by atoms with Crippen molar-refractivity contribution >= 4 is 5.91 Å². The van der Waals surface area contributed by atoms with Crippen LogP contribution in [0.1, 0.15) is 40.5 Å². The molecule has 2 unspecified atom stereocenters. The molecular formula is C14H29N3O. The molecule has 0 aromatic rings. The second-order valence-corrected chi connectivity index (χ2v) is 6.52. The summed E-state index contributed by atoms with van der Waals surface area (Å²) in [5, 5.41) is 6.08. The highest BCUT2D eigenvalue weighted by molar-refractivity contribution is 5.81. The normalized spacial score (nSPS) is 23.7. The summed E-state index contributed by atoms with van der Waals surface area (Å²) in [6, 6.07) is 0.451. The first kappa shape index (κ1) is 15.4. The Hall–Kier alpha value is -0.610. The van der Waals surface area contributed by atoms with E-state index >= 15 is 0 Å². The molecule has 2 N–H and O–H groups in total. The van der Waals surface area contributed by atoms with Crippen LogP contribution in [0.4, 0.5) is 0 Å². The number of carbonyl (C=O) groups is 1. The van der Waals surface area contributed by atoms with Gasteiger partial charge >= 0.3 is 0 Å². The molecule has 1 fully saturated rings. The smallest absolute Gasteiger partial charge is 0.238 e. The van der Waals surface area contributed by atoms with Gasteiger partial charge in [-0.2, -0.15) is 0 Å². The number of nitrogens with one attached hydrogen (secondary N) is 2. The van der Waals surface area contributed by atoms with Crippen LogP contribution in [0.25, 0.3) is 0 Å². The molecule has 0 spiro atoms. The summed E-state index contributed by atoms with van der Waals surface area (Å²) >= 11 is 0. The fourth-order valence-electron chi connectivity index (χ4n) is 2.47. The zero-order valence-electron chi connectivity index (χ0n) is 12.5. The van der Waals surface area contributed by atoms with E-state index in [1.54, 1.807) is 7.05 Å². The fraction of sp³-hybridized carbons (Fsp3) is 0.929. The molecule has 4 heteroatoms. The minimum Gasteiger partial charge on any atom is -0.358 e. The van der Waals surface area contributed by atoms with Gasteiger partial charge in [-0.15, -0.1) is 0 Å². The van der Waals surface area contributed by atoms with E-state index in [1.807, 2.05) is 0 Å². The molecule has 1 heterocycles. The highest BCUT2D eigenvalue weighted by atomic mass is 16.2. The van der Waals surface area contributed by atoms with Crippen LogP contribution in [0.2, 0.25) is 0 Å². The quantitative estimate of drug-likeness (QED) is 0.794. The number of amides is 1. The first-order chi connectivity index (χ1) is 8.35. The Kier molecular flexibility index (Phi) is 5.60. The van der Waals surface area contributed by atoms with Gasteiger partial charge in [0.15, 0.2) is 0 Å². The summed E-state index contributed by atoms with van der Waals surface area (Å²) in [6.45, 7) is 11.8. The first-order valence-electron chi connectivity index (χ1n) is 7.03. The molecule has 0 aliphatic carbocycles. The minimum atomic E-state index is -0.0151. The van der Waals surface area contributed by atoms with Gasteiger partial charge in [0.2, 0.25) is 5.91 Å². The van der Waals surface area contributed by atoms with Gasteiger partial charge in [0.05, 0.1) is 0 Å². The van der Waals surface area contributed by atoms with E-state index in [4.69, 9.17) is 0 Å². The van der Waals surface area contributed by atoms with Crippen LogP contribution in [0, 0.1) is 5.41 Å². The second kappa shape index (κ2) is 6.53. The predicted octanol–water partition coefficient (Wildman–Crippen LogP) is 1.22. The Balaban J connectivity index is 2.57. The lowest BCUT2D eigenvalue weighted by molar-refractivity contribution is -0.127. The van der Waals surface area contributed by atoms with E-state index in [9.17, 15) is 4.79 Å². The van der Waals surface area contributed by atoms with Gasteiger partial charge in [0.1, 0.15) is 6.04 Å². The summed E-state index contributed by atoms with van der Waals surface area (Å²) in [7, 11) is 1.72. The van der Waals surface area contributed by atoms with Gasteiger partial charge < -0.3 is 10.6 Å². The Labute approximate surface area is 111 Å². The summed E-state index contributed by atoms with van der Waals surface area (Å²) in [5.41, 5.74) is 0.366. The zero-order valence-corrected chi connectivity index (χ0v) is 12.5. The van der Waals surface area contributed by atoms with Gasteiger partial charge in [-0.05, 0) is 25.2 Å². The van der Waals surface area contributed by atoms with Crippen LogP contribution in [0.3, 0.4) is 0 Å². The molecule has 0 saturated carbocycles. The third-order valence-corrected chi connectivity index (χ3v) is 3.71. The van der Waals surface area contributed by atoms with Gasteiger partial charge in [0.25, 0.3) is 0 Å². The molecule has 1 amide bonds. The summed E-state index contributed by atoms with van der Waals surface area (Å²) in [4.78, 5) is 14.2. The number of hydrogen-bond donors (Lipinski definition) is 2. The Morgan fingerprint density at radius 1 is 1.50 bits per heavy atom. The van der Waals surface area contributed by atoms with E-state index in [1.165, 1.54) is 6.42 Å². The van der Waals surface area contributed by atoms with Crippen LogP contribution in [0.5, 0.6) is 0 Å². The SMILES string of the molecule is CNC(=O)C1CNCCN1C(C)CCC(C)(C)C. The van der Waals surface area contributed by atoms with Crippen LogP contribution in [-0.4, -0.2) is 49.6 Å². The molecule has 0 aromatic carbocycles. The molecule has 0 bridgehead atoms. The maximum atomic E-state index is 11.9. The highest BCUT2D eigenvalue weighted by Crippen LogP contribution is 2.24. The fourth-order valence-corrected chi connectivity index (χ4v) is 2.47. The summed E-state index contributed by atoms with van der Waals surface area (Å²) in [6.07, 6.45) is 2.34. The van der Waals surface area contributed by atoms with Crippen molar-refractivity contribution in [2.45, 2.75) is 52.6 Å². The maximum absolute atomic E-state index is 11.9. The minimum absolute atomic E-state index is 0.0151. The number of likely N-dealkylation sites (N-methyl/N-ethyl adjacent to an activating group) is 1. The van der Waals surface area contributed by atoms with Gasteiger partial charge in [-0.25, -0.2) is 0 Å². The van der Waals surface area contributed by atoms with Crippen molar-refractivity contribution in [3.63, 3.8) is 0 Å². The van der Waals surface area contributed by atoms with Crippen molar-refractivity contribution in [1.82, 2.24) is 15.5 Å². The van der Waals surface area contributed by atoms with E-state index in [0.717, 1.165) is 26.1 Å². The van der Waals surface area contributed by atoms with Crippen molar-refractivity contribution in [3.05, 3.63) is 0 Å². The predicted molar refractivity (Wildman–Crippen MR) is 75.6 cm³/mol. The number of nitrogens with zero attached hydrogens (tertiary/aromatic N) is 1. The van der Waals surface area contributed by atoms with Crippen LogP contribution >= 0.6 is 0 Å². The molecule has 106 valence electrons. The summed E-state index contributed by atoms with van der Waals surface area (Å²) < 4.78 is 0. The third kappa shape index (κ3) is 4.58. The second-order valence-electron chi connectivity index (χ2n) is 6.52. The van der Waals surface area contributed by atoms with E-state index in [-0.39, 0.29) is 11.9 Å². The Morgan fingerprint density at radius 3 is 2.72 bits per heavy atom. The monoisotopic (exact) mass is 255 g/mol. The van der Waals surface area contributed by atoms with Crippen molar-refractivity contribution in [3.8, 4) is 0 Å². The average Bonchev–Trinajstić information content (AvgIpc) is 2.34. The standard InChI is InChI=1S/C14H29N3O/c1-11(6-7-14(2,3)4)17-9-8-16-10-12(17)13(18)15-5/h11-12,16H,6-10H2,1-5H3,(H,15,18). The zero-order chi connectivity index (χ0) is 13.8. The molecule has 4 nitrogen and oxygen atoms in total. The molecule has 2 atom stereocenters. The maximum Gasteiger partial charge on any atom is 0.238 e. The van der Waals surface area contributed by atoms with Crippen molar-refractivity contribution in [2.75, 3.05) is 26.7 Å². The number of carbonyl (C=O) groups excluding carboxylic acids is 1. The third-order valence-electron chi connectivity index (χ3n) is 3.71. The summed E-state index contributed by atoms with van der Waals surface area (Å²) in [5.74, 6) is 0.129. The van der Waals surface area contributed by atoms with E-state index < -0.39 is 0 Å². The Morgan fingerprint density at radius 2 is 2.17 bits per heavy atom. The Bertz CT molecular complexity index is 273. The lowest BCUT2D eigenvalue weighted by Gasteiger charge is -2.39. The molecule has 1 saturated heterocycles. The van der Waals surface area contributed by atoms with Gasteiger partial charge in [-0.3, -0.25) is 9.69 Å². The molecule has 18 heavy (non-hydrogen) atoms.